The Morgan fingerprint density at radius 1 is 0.800 bits per heavy atom. The van der Waals surface area contributed by atoms with Crippen molar-refractivity contribution in [3.8, 4) is 0 Å². The van der Waals surface area contributed by atoms with Gasteiger partial charge in [-0.3, -0.25) is 0 Å². The van der Waals surface area contributed by atoms with E-state index in [0.717, 1.165) is 0 Å². The molecule has 0 radical (unpaired) electrons. The smallest absolute Gasteiger partial charge is 1.00 e. The fourth-order valence-electron chi connectivity index (χ4n) is 0. The molecule has 0 aromatic heterocycles. The van der Waals surface area contributed by atoms with Crippen LogP contribution in [0.5, 0.6) is 0 Å². The molecule has 0 nitrogen and oxygen atoms in total. The molecule has 0 aromatic carbocycles. The van der Waals surface area contributed by atoms with E-state index in [-0.39, 0.29) is 34.3 Å². The number of halogens is 1. The minimum absolute atomic E-state index is 0. The van der Waals surface area contributed by atoms with E-state index in [9.17, 15) is 0 Å². The molecule has 0 aliphatic carbocycles. The van der Waals surface area contributed by atoms with Gasteiger partial charge in [0.05, 0.1) is 0 Å². The van der Waals surface area contributed by atoms with E-state index in [0.29, 0.717) is 11.8 Å². The molecule has 0 saturated heterocycles. The summed E-state index contributed by atoms with van der Waals surface area (Å²) >= 11 is 0. The van der Waals surface area contributed by atoms with Crippen molar-refractivity contribution in [3.63, 3.8) is 0 Å². The number of hydrogen-bond acceptors (Lipinski definition) is 0. The summed E-state index contributed by atoms with van der Waals surface area (Å²) in [6.07, 6.45) is 0. The molecule has 0 fully saturated rings. The van der Waals surface area contributed by atoms with Crippen molar-refractivity contribution >= 4 is 17.4 Å². The summed E-state index contributed by atoms with van der Waals surface area (Å²) in [5.41, 5.74) is 0. The molecule has 0 heterocycles. The minimum Gasteiger partial charge on any atom is -1.00 e. The van der Waals surface area contributed by atoms with Crippen molar-refractivity contribution in [2.24, 2.45) is 11.8 Å². The van der Waals surface area contributed by atoms with Crippen molar-refractivity contribution in [2.75, 3.05) is 0 Å². The van der Waals surface area contributed by atoms with Gasteiger partial charge in [0.25, 0.3) is 0 Å². The second kappa shape index (κ2) is 16.5. The minimum atomic E-state index is 0. The molecule has 0 unspecified atom stereocenters. The second-order valence-corrected chi connectivity index (χ2v) is 2.79. The Labute approximate surface area is 87.7 Å². The Hall–Kier alpha value is 1.01. The van der Waals surface area contributed by atoms with Crippen LogP contribution in [-0.2, 0) is 0 Å². The zero-order valence-electron chi connectivity index (χ0n) is 7.52. The van der Waals surface area contributed by atoms with Crippen LogP contribution in [0.3, 0.4) is 0 Å². The quantitative estimate of drug-likeness (QED) is 0.385. The molecular formula is C8H18AlBr. The summed E-state index contributed by atoms with van der Waals surface area (Å²) in [5.74, 6) is 1.17. The van der Waals surface area contributed by atoms with E-state index in [1.54, 1.807) is 0 Å². The molecular weight excluding hydrogens is 203 g/mol. The first kappa shape index (κ1) is 22.5. The Bertz CT molecular complexity index is 24.7. The van der Waals surface area contributed by atoms with Crippen molar-refractivity contribution in [1.29, 1.82) is 0 Å². The third kappa shape index (κ3) is 564. The normalized spacial score (nSPS) is 7.20. The van der Waals surface area contributed by atoms with Gasteiger partial charge in [0, 0.05) is 0 Å². The molecule has 0 bridgehead atoms. The van der Waals surface area contributed by atoms with Crippen LogP contribution in [0, 0.1) is 25.7 Å². The predicted molar refractivity (Wildman–Crippen MR) is 46.1 cm³/mol. The van der Waals surface area contributed by atoms with Crippen molar-refractivity contribution in [2.45, 2.75) is 27.7 Å². The molecule has 2 heteroatoms. The van der Waals surface area contributed by atoms with E-state index < -0.39 is 0 Å². The van der Waals surface area contributed by atoms with Crippen LogP contribution < -0.4 is 17.0 Å². The first-order valence-electron chi connectivity index (χ1n) is 3.13. The Balaban J connectivity index is -0.0000000300. The topological polar surface area (TPSA) is 0 Å². The maximum Gasteiger partial charge on any atom is 3.00 e. The third-order valence-corrected chi connectivity index (χ3v) is 0. The molecule has 0 aliphatic heterocycles. The van der Waals surface area contributed by atoms with E-state index in [2.05, 4.69) is 41.5 Å². The Morgan fingerprint density at radius 2 is 0.800 bits per heavy atom. The van der Waals surface area contributed by atoms with Gasteiger partial charge in [0.2, 0.25) is 0 Å². The van der Waals surface area contributed by atoms with Crippen LogP contribution in [0.4, 0.5) is 0 Å². The van der Waals surface area contributed by atoms with Crippen LogP contribution in [-0.4, -0.2) is 17.4 Å². The molecule has 0 atom stereocenters. The summed E-state index contributed by atoms with van der Waals surface area (Å²) in [7, 11) is 0. The molecule has 60 valence electrons. The van der Waals surface area contributed by atoms with Crippen LogP contribution in [0.1, 0.15) is 27.7 Å². The summed E-state index contributed by atoms with van der Waals surface area (Å²) in [6.45, 7) is 15.5. The van der Waals surface area contributed by atoms with Crippen molar-refractivity contribution in [3.05, 3.63) is 13.8 Å². The van der Waals surface area contributed by atoms with Gasteiger partial charge in [0.15, 0.2) is 0 Å². The van der Waals surface area contributed by atoms with Gasteiger partial charge in [-0.15, -0.1) is 0 Å². The molecule has 0 N–H and O–H groups in total. The fraction of sp³-hybridized carbons (Fsp3) is 0.750. The molecule has 0 amide bonds. The molecule has 0 aliphatic rings. The average molecular weight is 221 g/mol. The van der Waals surface area contributed by atoms with Gasteiger partial charge in [-0.2, -0.15) is 11.8 Å². The van der Waals surface area contributed by atoms with Crippen LogP contribution in [0.15, 0.2) is 0 Å². The van der Waals surface area contributed by atoms with E-state index in [4.69, 9.17) is 0 Å². The fourth-order valence-corrected chi connectivity index (χ4v) is 0. The van der Waals surface area contributed by atoms with Crippen LogP contribution in [0.25, 0.3) is 0 Å². The van der Waals surface area contributed by atoms with Crippen molar-refractivity contribution < 1.29 is 17.0 Å². The zero-order valence-corrected chi connectivity index (χ0v) is 10.3. The Morgan fingerprint density at radius 3 is 0.800 bits per heavy atom. The zero-order chi connectivity index (χ0) is 7.15. The van der Waals surface area contributed by atoms with Gasteiger partial charge in [-0.25, -0.2) is 0 Å². The second-order valence-electron chi connectivity index (χ2n) is 2.79. The van der Waals surface area contributed by atoms with E-state index in [1.807, 2.05) is 0 Å². The molecule has 0 rings (SSSR count). The average Bonchev–Trinajstić information content (AvgIpc) is 1.25. The molecule has 0 saturated carbocycles. The molecule has 0 spiro atoms. The Kier molecular flexibility index (Phi) is 37.1. The number of rotatable bonds is 0. The maximum absolute atomic E-state index is 3.64. The monoisotopic (exact) mass is 220 g/mol. The van der Waals surface area contributed by atoms with Gasteiger partial charge >= 0.3 is 17.4 Å². The molecule has 0 aromatic rings. The standard InChI is InChI=1S/2C4H9.Al.BrH/c2*1-4(2)3;;/h2*4H,1H2,2-3H3;;1H/q2*-1;+3;/p-1. The summed E-state index contributed by atoms with van der Waals surface area (Å²) in [4.78, 5) is 0. The SMILES string of the molecule is [Al+3].[Br-].[CH2-]C(C)C.[CH2-]C(C)C. The van der Waals surface area contributed by atoms with Gasteiger partial charge in [-0.05, 0) is 0 Å². The first-order chi connectivity index (χ1) is 3.46. The van der Waals surface area contributed by atoms with Crippen LogP contribution in [0.2, 0.25) is 0 Å². The predicted octanol–water partition coefficient (Wildman–Crippen LogP) is -0.424. The van der Waals surface area contributed by atoms with Gasteiger partial charge < -0.3 is 30.8 Å². The van der Waals surface area contributed by atoms with Crippen molar-refractivity contribution in [1.82, 2.24) is 0 Å². The number of hydrogen-bond donors (Lipinski definition) is 0. The summed E-state index contributed by atoms with van der Waals surface area (Å²) in [5, 5.41) is 0. The molecule has 10 heavy (non-hydrogen) atoms. The first-order valence-corrected chi connectivity index (χ1v) is 3.13. The third-order valence-electron chi connectivity index (χ3n) is 0. The van der Waals surface area contributed by atoms with E-state index >= 15 is 0 Å². The maximum atomic E-state index is 3.64. The largest absolute Gasteiger partial charge is 3.00 e. The van der Waals surface area contributed by atoms with Gasteiger partial charge in [-0.1, -0.05) is 27.7 Å². The van der Waals surface area contributed by atoms with Crippen LogP contribution >= 0.6 is 0 Å². The van der Waals surface area contributed by atoms with E-state index in [1.165, 1.54) is 0 Å². The van der Waals surface area contributed by atoms with Gasteiger partial charge in [0.1, 0.15) is 0 Å². The summed E-state index contributed by atoms with van der Waals surface area (Å²) < 4.78 is 0. The summed E-state index contributed by atoms with van der Waals surface area (Å²) in [6, 6.07) is 0.